The minimum Gasteiger partial charge on any atom is -0.359 e. The lowest BCUT2D eigenvalue weighted by atomic mass is 10.1. The van der Waals surface area contributed by atoms with Crippen LogP contribution in [0, 0.1) is 13.8 Å². The van der Waals surface area contributed by atoms with E-state index in [0.717, 1.165) is 48.1 Å². The van der Waals surface area contributed by atoms with Crippen molar-refractivity contribution in [2.45, 2.75) is 45.8 Å². The first kappa shape index (κ1) is 15.1. The van der Waals surface area contributed by atoms with Crippen LogP contribution in [0.3, 0.4) is 0 Å². The van der Waals surface area contributed by atoms with Crippen molar-refractivity contribution in [2.24, 2.45) is 0 Å². The van der Waals surface area contributed by atoms with Gasteiger partial charge in [-0.05, 0) is 20.3 Å². The number of nitrogens with zero attached hydrogens (tertiary/aromatic N) is 4. The normalized spacial score (nSPS) is 17.0. The number of aryl methyl sites for hydroxylation is 3. The minimum absolute atomic E-state index is 0.381. The maximum atomic E-state index is 5.47. The molecule has 0 spiro atoms. The highest BCUT2D eigenvalue weighted by Gasteiger charge is 2.20. The van der Waals surface area contributed by atoms with Crippen LogP contribution in [-0.2, 0) is 19.5 Å². The lowest BCUT2D eigenvalue weighted by molar-refractivity contribution is 0.325. The summed E-state index contributed by atoms with van der Waals surface area (Å²) in [5.74, 6) is 2.79. The van der Waals surface area contributed by atoms with Crippen molar-refractivity contribution in [3.63, 3.8) is 0 Å². The molecule has 4 rings (SSSR count). The Morgan fingerprint density at radius 3 is 2.92 bits per heavy atom. The molecule has 1 N–H and O–H groups in total. The van der Waals surface area contributed by atoms with Crippen LogP contribution in [-0.4, -0.2) is 26.0 Å². The minimum atomic E-state index is 0.381. The smallest absolute Gasteiger partial charge is 0.151 e. The Balaban J connectivity index is 1.38. The summed E-state index contributed by atoms with van der Waals surface area (Å²) in [6.07, 6.45) is 2.03. The van der Waals surface area contributed by atoms with Crippen molar-refractivity contribution < 1.29 is 4.52 Å². The van der Waals surface area contributed by atoms with Gasteiger partial charge in [0.1, 0.15) is 17.3 Å². The third-order valence-electron chi connectivity index (χ3n) is 4.44. The van der Waals surface area contributed by atoms with E-state index in [-0.39, 0.29) is 0 Å². The quantitative estimate of drug-likeness (QED) is 0.799. The molecule has 3 aromatic rings. The molecule has 1 atom stereocenters. The van der Waals surface area contributed by atoms with E-state index in [9.17, 15) is 0 Å². The molecule has 0 saturated carbocycles. The predicted octanol–water partition coefficient (Wildman–Crippen LogP) is 2.65. The molecule has 1 aromatic carbocycles. The van der Waals surface area contributed by atoms with Crippen molar-refractivity contribution in [1.29, 1.82) is 0 Å². The molecule has 0 bridgehead atoms. The summed E-state index contributed by atoms with van der Waals surface area (Å²) in [4.78, 5) is 4.44. The summed E-state index contributed by atoms with van der Waals surface area (Å²) < 4.78 is 7.48. The van der Waals surface area contributed by atoms with Gasteiger partial charge in [0.05, 0.1) is 13.1 Å². The molecule has 124 valence electrons. The second-order valence-corrected chi connectivity index (χ2v) is 6.42. The first-order valence-corrected chi connectivity index (χ1v) is 8.34. The Labute approximate surface area is 140 Å². The zero-order valence-electron chi connectivity index (χ0n) is 14.0. The van der Waals surface area contributed by atoms with Crippen LogP contribution in [0.2, 0.25) is 0 Å². The van der Waals surface area contributed by atoms with Crippen molar-refractivity contribution in [3.8, 4) is 11.3 Å². The summed E-state index contributed by atoms with van der Waals surface area (Å²) in [5.41, 5.74) is 3.20. The molecular formula is C18H21N5O. The second-order valence-electron chi connectivity index (χ2n) is 6.42. The number of hydrogen-bond donors (Lipinski definition) is 1. The Morgan fingerprint density at radius 2 is 2.08 bits per heavy atom. The van der Waals surface area contributed by atoms with Crippen LogP contribution in [0.5, 0.6) is 0 Å². The molecule has 0 radical (unpaired) electrons. The monoisotopic (exact) mass is 323 g/mol. The van der Waals surface area contributed by atoms with Gasteiger partial charge in [-0.15, -0.1) is 0 Å². The summed E-state index contributed by atoms with van der Waals surface area (Å²) in [6, 6.07) is 10.7. The standard InChI is InChI=1S/C18H21N5O/c1-12-3-5-14(6-4-12)17-9-16(24-22-17)10-19-15-7-8-18-20-13(2)21-23(18)11-15/h3-6,9,15,19H,7-8,10-11H2,1-2H3. The molecule has 6 heteroatoms. The van der Waals surface area contributed by atoms with Crippen LogP contribution >= 0.6 is 0 Å². The molecule has 3 heterocycles. The summed E-state index contributed by atoms with van der Waals surface area (Å²) >= 11 is 0. The molecule has 0 aliphatic carbocycles. The average molecular weight is 323 g/mol. The fourth-order valence-corrected chi connectivity index (χ4v) is 3.10. The third kappa shape index (κ3) is 3.10. The van der Waals surface area contributed by atoms with E-state index in [2.05, 4.69) is 51.7 Å². The Kier molecular flexibility index (Phi) is 3.90. The summed E-state index contributed by atoms with van der Waals surface area (Å²) in [7, 11) is 0. The van der Waals surface area contributed by atoms with Crippen molar-refractivity contribution >= 4 is 0 Å². The molecule has 24 heavy (non-hydrogen) atoms. The Bertz CT molecular complexity index is 833. The van der Waals surface area contributed by atoms with Gasteiger partial charge in [-0.2, -0.15) is 5.10 Å². The number of fused-ring (bicyclic) bond motifs is 1. The lowest BCUT2D eigenvalue weighted by Crippen LogP contribution is -2.37. The van der Waals surface area contributed by atoms with E-state index in [4.69, 9.17) is 4.52 Å². The van der Waals surface area contributed by atoms with Gasteiger partial charge < -0.3 is 9.84 Å². The molecule has 6 nitrogen and oxygen atoms in total. The van der Waals surface area contributed by atoms with Gasteiger partial charge in [-0.3, -0.25) is 0 Å². The first-order valence-electron chi connectivity index (χ1n) is 8.34. The van der Waals surface area contributed by atoms with Gasteiger partial charge in [0, 0.05) is 24.1 Å². The maximum absolute atomic E-state index is 5.47. The van der Waals surface area contributed by atoms with E-state index >= 15 is 0 Å². The SMILES string of the molecule is Cc1ccc(-c2cc(CNC3CCc4nc(C)nn4C3)on2)cc1. The fraction of sp³-hybridized carbons (Fsp3) is 0.389. The van der Waals surface area contributed by atoms with Crippen LogP contribution in [0.25, 0.3) is 11.3 Å². The van der Waals surface area contributed by atoms with Gasteiger partial charge >= 0.3 is 0 Å². The van der Waals surface area contributed by atoms with E-state index in [1.165, 1.54) is 5.56 Å². The number of rotatable bonds is 4. The summed E-state index contributed by atoms with van der Waals surface area (Å²) in [6.45, 7) is 5.55. The van der Waals surface area contributed by atoms with Gasteiger partial charge in [-0.1, -0.05) is 35.0 Å². The van der Waals surface area contributed by atoms with Crippen molar-refractivity contribution in [2.75, 3.05) is 0 Å². The Hall–Kier alpha value is -2.47. The fourth-order valence-electron chi connectivity index (χ4n) is 3.10. The molecule has 1 aliphatic rings. The Morgan fingerprint density at radius 1 is 1.25 bits per heavy atom. The zero-order valence-corrected chi connectivity index (χ0v) is 14.0. The lowest BCUT2D eigenvalue weighted by Gasteiger charge is -2.23. The highest BCUT2D eigenvalue weighted by molar-refractivity contribution is 5.59. The number of hydrogen-bond acceptors (Lipinski definition) is 5. The third-order valence-corrected chi connectivity index (χ3v) is 4.44. The largest absolute Gasteiger partial charge is 0.359 e. The van der Waals surface area contributed by atoms with E-state index in [0.29, 0.717) is 12.6 Å². The van der Waals surface area contributed by atoms with Gasteiger partial charge in [0.15, 0.2) is 5.76 Å². The predicted molar refractivity (Wildman–Crippen MR) is 90.4 cm³/mol. The van der Waals surface area contributed by atoms with Crippen LogP contribution in [0.4, 0.5) is 0 Å². The molecule has 0 saturated heterocycles. The molecule has 0 fully saturated rings. The molecule has 1 aliphatic heterocycles. The van der Waals surface area contributed by atoms with Crippen molar-refractivity contribution in [1.82, 2.24) is 25.2 Å². The van der Waals surface area contributed by atoms with Crippen LogP contribution in [0.15, 0.2) is 34.9 Å². The van der Waals surface area contributed by atoms with E-state index in [1.807, 2.05) is 17.7 Å². The van der Waals surface area contributed by atoms with Crippen molar-refractivity contribution in [3.05, 3.63) is 53.3 Å². The molecule has 0 amide bonds. The molecule has 2 aromatic heterocycles. The maximum Gasteiger partial charge on any atom is 0.151 e. The molecule has 1 unspecified atom stereocenters. The topological polar surface area (TPSA) is 68.8 Å². The van der Waals surface area contributed by atoms with E-state index in [1.54, 1.807) is 0 Å². The number of nitrogens with one attached hydrogen (secondary N) is 1. The van der Waals surface area contributed by atoms with Crippen LogP contribution in [0.1, 0.15) is 29.4 Å². The number of benzene rings is 1. The number of aromatic nitrogens is 4. The molecular weight excluding hydrogens is 302 g/mol. The highest BCUT2D eigenvalue weighted by Crippen LogP contribution is 2.20. The average Bonchev–Trinajstić information content (AvgIpc) is 3.18. The van der Waals surface area contributed by atoms with Crippen LogP contribution < -0.4 is 5.32 Å². The first-order chi connectivity index (χ1) is 11.7. The summed E-state index contributed by atoms with van der Waals surface area (Å²) in [5, 5.41) is 12.2. The second kappa shape index (κ2) is 6.20. The zero-order chi connectivity index (χ0) is 16.5. The highest BCUT2D eigenvalue weighted by atomic mass is 16.5. The van der Waals surface area contributed by atoms with Gasteiger partial charge in [0.25, 0.3) is 0 Å². The van der Waals surface area contributed by atoms with Gasteiger partial charge in [-0.25, -0.2) is 9.67 Å². The van der Waals surface area contributed by atoms with Gasteiger partial charge in [0.2, 0.25) is 0 Å². The van der Waals surface area contributed by atoms with E-state index < -0.39 is 0 Å².